The molecule has 2 nitrogen and oxygen atoms in total. The molecule has 1 aromatic rings. The molecule has 0 heterocycles. The van der Waals surface area contributed by atoms with Crippen LogP contribution in [0.25, 0.3) is 0 Å². The minimum absolute atomic E-state index is 0.119. The zero-order chi connectivity index (χ0) is 12.3. The van der Waals surface area contributed by atoms with Crippen LogP contribution >= 0.6 is 23.8 Å². The molecule has 0 fully saturated rings. The lowest BCUT2D eigenvalue weighted by atomic mass is 10.1. The fraction of sp³-hybridized carbons (Fsp3) is 0.111. The number of rotatable bonds is 1. The molecule has 1 aromatic carbocycles. The van der Waals surface area contributed by atoms with E-state index in [1.165, 1.54) is 0 Å². The molecular weight excluding hydrogens is 263 g/mol. The number of aliphatic imine (C=N–C) groups is 1. The first-order valence-corrected chi connectivity index (χ1v) is 4.64. The van der Waals surface area contributed by atoms with Crippen LogP contribution in [0.3, 0.4) is 0 Å². The Kier molecular flexibility index (Phi) is 3.80. The van der Waals surface area contributed by atoms with E-state index in [0.29, 0.717) is 6.07 Å². The largest absolute Gasteiger partial charge is 0.416 e. The van der Waals surface area contributed by atoms with Gasteiger partial charge in [0.1, 0.15) is 0 Å². The summed E-state index contributed by atoms with van der Waals surface area (Å²) in [5.74, 6) is -0.953. The highest BCUT2D eigenvalue weighted by Gasteiger charge is 2.31. The van der Waals surface area contributed by atoms with Crippen LogP contribution < -0.4 is 0 Å². The Morgan fingerprint density at radius 3 is 2.56 bits per heavy atom. The Morgan fingerprint density at radius 1 is 1.44 bits per heavy atom. The summed E-state index contributed by atoms with van der Waals surface area (Å²) in [5.41, 5.74) is -1.33. The highest BCUT2D eigenvalue weighted by atomic mass is 35.5. The van der Waals surface area contributed by atoms with Gasteiger partial charge in [-0.2, -0.15) is 18.2 Å². The van der Waals surface area contributed by atoms with Crippen molar-refractivity contribution in [2.75, 3.05) is 0 Å². The Balaban J connectivity index is 3.29. The van der Waals surface area contributed by atoms with Crippen molar-refractivity contribution in [2.45, 2.75) is 6.18 Å². The molecule has 0 spiro atoms. The lowest BCUT2D eigenvalue weighted by Gasteiger charge is -2.07. The standard InChI is InChI=1S/C9H3ClF3NOS/c10-7-2-1-5(9(11,12)13)3-6(7)8(15)14-4-16/h1-3H. The van der Waals surface area contributed by atoms with E-state index < -0.39 is 17.6 Å². The molecule has 0 unspecified atom stereocenters. The molecular formula is C9H3ClF3NOS. The minimum Gasteiger partial charge on any atom is -0.266 e. The van der Waals surface area contributed by atoms with Crippen LogP contribution in [-0.4, -0.2) is 11.1 Å². The van der Waals surface area contributed by atoms with E-state index in [4.69, 9.17) is 11.6 Å². The lowest BCUT2D eigenvalue weighted by molar-refractivity contribution is -0.137. The van der Waals surface area contributed by atoms with Gasteiger partial charge in [-0.25, -0.2) is 0 Å². The number of thiocarbonyl (C=S) groups is 1. The second-order valence-corrected chi connectivity index (χ2v) is 3.29. The third-order valence-corrected chi connectivity index (χ3v) is 2.09. The van der Waals surface area contributed by atoms with Crippen molar-refractivity contribution in [1.82, 2.24) is 0 Å². The van der Waals surface area contributed by atoms with E-state index in [9.17, 15) is 18.0 Å². The molecule has 0 saturated carbocycles. The number of hydrogen-bond donors (Lipinski definition) is 0. The van der Waals surface area contributed by atoms with Crippen molar-refractivity contribution < 1.29 is 18.0 Å². The summed E-state index contributed by atoms with van der Waals surface area (Å²) >= 11 is 9.74. The number of alkyl halides is 3. The molecule has 0 atom stereocenters. The van der Waals surface area contributed by atoms with Crippen LogP contribution in [0.1, 0.15) is 15.9 Å². The zero-order valence-corrected chi connectivity index (χ0v) is 9.08. The fourth-order valence-corrected chi connectivity index (χ4v) is 1.25. The topological polar surface area (TPSA) is 29.4 Å². The van der Waals surface area contributed by atoms with E-state index in [-0.39, 0.29) is 10.6 Å². The highest BCUT2D eigenvalue weighted by Crippen LogP contribution is 2.31. The number of benzene rings is 1. The maximum absolute atomic E-state index is 12.3. The Morgan fingerprint density at radius 2 is 2.06 bits per heavy atom. The third kappa shape index (κ3) is 2.88. The molecule has 7 heteroatoms. The van der Waals surface area contributed by atoms with Gasteiger partial charge in [-0.05, 0) is 30.4 Å². The second-order valence-electron chi connectivity index (χ2n) is 2.70. The second kappa shape index (κ2) is 4.74. The molecule has 0 aromatic heterocycles. The SMILES string of the molecule is O=C(N=C=S)c1cc(C(F)(F)F)ccc1Cl. The van der Waals surface area contributed by atoms with Crippen LogP contribution in [0.15, 0.2) is 23.2 Å². The number of carbonyl (C=O) groups excluding carboxylic acids is 1. The van der Waals surface area contributed by atoms with Gasteiger partial charge in [-0.15, -0.1) is 0 Å². The summed E-state index contributed by atoms with van der Waals surface area (Å²) in [6.07, 6.45) is -4.54. The summed E-state index contributed by atoms with van der Waals surface area (Å²) in [4.78, 5) is 14.3. The van der Waals surface area contributed by atoms with E-state index in [1.807, 2.05) is 0 Å². The molecule has 0 aliphatic heterocycles. The first kappa shape index (κ1) is 12.8. The molecule has 16 heavy (non-hydrogen) atoms. The van der Waals surface area contributed by atoms with Crippen molar-refractivity contribution in [3.05, 3.63) is 34.3 Å². The zero-order valence-electron chi connectivity index (χ0n) is 7.51. The van der Waals surface area contributed by atoms with Crippen molar-refractivity contribution >= 4 is 34.9 Å². The Labute approximate surface area is 98.7 Å². The fourth-order valence-electron chi connectivity index (χ4n) is 0.967. The van der Waals surface area contributed by atoms with E-state index >= 15 is 0 Å². The van der Waals surface area contributed by atoms with Gasteiger partial charge in [-0.3, -0.25) is 4.79 Å². The normalized spacial score (nSPS) is 10.8. The molecule has 0 aliphatic rings. The van der Waals surface area contributed by atoms with Gasteiger partial charge in [0.2, 0.25) is 0 Å². The molecule has 0 bridgehead atoms. The van der Waals surface area contributed by atoms with Crippen molar-refractivity contribution in [3.63, 3.8) is 0 Å². The van der Waals surface area contributed by atoms with E-state index in [2.05, 4.69) is 17.2 Å². The highest BCUT2D eigenvalue weighted by molar-refractivity contribution is 7.78. The smallest absolute Gasteiger partial charge is 0.266 e. The van der Waals surface area contributed by atoms with Gasteiger partial charge < -0.3 is 0 Å². The summed E-state index contributed by atoms with van der Waals surface area (Å²) in [7, 11) is 0. The first-order chi connectivity index (χ1) is 7.36. The van der Waals surface area contributed by atoms with Crippen LogP contribution in [0, 0.1) is 0 Å². The van der Waals surface area contributed by atoms with Crippen LogP contribution in [0.5, 0.6) is 0 Å². The van der Waals surface area contributed by atoms with Gasteiger partial charge in [0, 0.05) is 0 Å². The van der Waals surface area contributed by atoms with E-state index in [1.54, 1.807) is 5.16 Å². The van der Waals surface area contributed by atoms with Crippen LogP contribution in [0.2, 0.25) is 5.02 Å². The minimum atomic E-state index is -4.54. The average Bonchev–Trinajstić information content (AvgIpc) is 2.16. The predicted molar refractivity (Wildman–Crippen MR) is 55.8 cm³/mol. The van der Waals surface area contributed by atoms with Gasteiger partial charge in [-0.1, -0.05) is 11.6 Å². The van der Waals surface area contributed by atoms with Crippen LogP contribution in [-0.2, 0) is 6.18 Å². The molecule has 0 N–H and O–H groups in total. The van der Waals surface area contributed by atoms with Crippen LogP contribution in [0.4, 0.5) is 13.2 Å². The maximum Gasteiger partial charge on any atom is 0.416 e. The number of hydrogen-bond acceptors (Lipinski definition) is 2. The Hall–Kier alpha value is -1.23. The lowest BCUT2D eigenvalue weighted by Crippen LogP contribution is -2.07. The van der Waals surface area contributed by atoms with Crippen molar-refractivity contribution in [1.29, 1.82) is 0 Å². The summed E-state index contributed by atoms with van der Waals surface area (Å²) in [5, 5.41) is 1.65. The molecule has 1 amide bonds. The molecule has 0 aliphatic carbocycles. The monoisotopic (exact) mass is 265 g/mol. The summed E-state index contributed by atoms with van der Waals surface area (Å²) in [6.45, 7) is 0. The first-order valence-electron chi connectivity index (χ1n) is 3.85. The quantitative estimate of drug-likeness (QED) is 0.573. The number of amides is 1. The summed E-state index contributed by atoms with van der Waals surface area (Å²) < 4.78 is 37.0. The van der Waals surface area contributed by atoms with Crippen molar-refractivity contribution in [2.24, 2.45) is 4.99 Å². The Bertz CT molecular complexity index is 480. The van der Waals surface area contributed by atoms with Gasteiger partial charge >= 0.3 is 6.18 Å². The van der Waals surface area contributed by atoms with Gasteiger partial charge in [0.25, 0.3) is 5.91 Å². The number of isothiocyanates is 1. The molecule has 0 radical (unpaired) electrons. The van der Waals surface area contributed by atoms with Crippen molar-refractivity contribution in [3.8, 4) is 0 Å². The maximum atomic E-state index is 12.3. The summed E-state index contributed by atoms with van der Waals surface area (Å²) in [6, 6.07) is 2.39. The number of carbonyl (C=O) groups is 1. The molecule has 84 valence electrons. The average molecular weight is 266 g/mol. The third-order valence-electron chi connectivity index (χ3n) is 1.67. The predicted octanol–water partition coefficient (Wildman–Crippen LogP) is 3.60. The number of nitrogens with zero attached hydrogens (tertiary/aromatic N) is 1. The van der Waals surface area contributed by atoms with Gasteiger partial charge in [0.15, 0.2) is 0 Å². The molecule has 1 rings (SSSR count). The molecule has 0 saturated heterocycles. The van der Waals surface area contributed by atoms with Gasteiger partial charge in [0.05, 0.1) is 21.3 Å². The number of halogens is 4. The van der Waals surface area contributed by atoms with E-state index in [0.717, 1.165) is 12.1 Å².